The van der Waals surface area contributed by atoms with Crippen molar-refractivity contribution in [3.8, 4) is 0 Å². The quantitative estimate of drug-likeness (QED) is 0.898. The highest BCUT2D eigenvalue weighted by atomic mass is 19.1. The van der Waals surface area contributed by atoms with E-state index in [1.807, 2.05) is 0 Å². The number of aliphatic hydroxyl groups excluding tert-OH is 1. The summed E-state index contributed by atoms with van der Waals surface area (Å²) in [7, 11) is 0. The van der Waals surface area contributed by atoms with Crippen LogP contribution in [0.4, 0.5) is 8.78 Å². The van der Waals surface area contributed by atoms with Crippen LogP contribution in [0.2, 0.25) is 0 Å². The second kappa shape index (κ2) is 6.98. The summed E-state index contributed by atoms with van der Waals surface area (Å²) in [6.07, 6.45) is 3.06. The molecule has 1 saturated carbocycles. The van der Waals surface area contributed by atoms with Gasteiger partial charge in [-0.25, -0.2) is 8.78 Å². The van der Waals surface area contributed by atoms with Gasteiger partial charge in [0.25, 0.3) is 0 Å². The van der Waals surface area contributed by atoms with Crippen LogP contribution in [0.3, 0.4) is 0 Å². The minimum atomic E-state index is -0.631. The first-order valence-corrected chi connectivity index (χ1v) is 7.39. The SMILES string of the molecule is C[C@H](CC(=O)N[C@H]1CCCC[C@@H]1O)c1ccc(F)cc1F. The van der Waals surface area contributed by atoms with Crippen molar-refractivity contribution in [3.63, 3.8) is 0 Å². The van der Waals surface area contributed by atoms with Crippen LogP contribution >= 0.6 is 0 Å². The van der Waals surface area contributed by atoms with Gasteiger partial charge in [0.15, 0.2) is 0 Å². The number of hydrogen-bond donors (Lipinski definition) is 2. The predicted molar refractivity (Wildman–Crippen MR) is 75.8 cm³/mol. The van der Waals surface area contributed by atoms with Crippen LogP contribution in [0.1, 0.15) is 50.5 Å². The molecule has 0 spiro atoms. The monoisotopic (exact) mass is 297 g/mol. The van der Waals surface area contributed by atoms with E-state index in [0.717, 1.165) is 25.3 Å². The van der Waals surface area contributed by atoms with E-state index in [-0.39, 0.29) is 24.3 Å². The maximum atomic E-state index is 13.7. The van der Waals surface area contributed by atoms with Crippen LogP contribution in [0.25, 0.3) is 0 Å². The molecule has 2 N–H and O–H groups in total. The molecule has 0 heterocycles. The maximum Gasteiger partial charge on any atom is 0.220 e. The van der Waals surface area contributed by atoms with Crippen LogP contribution in [0.15, 0.2) is 18.2 Å². The third-order valence-corrected chi connectivity index (χ3v) is 4.06. The minimum absolute atomic E-state index is 0.117. The lowest BCUT2D eigenvalue weighted by Gasteiger charge is -2.28. The Labute approximate surface area is 123 Å². The van der Waals surface area contributed by atoms with Gasteiger partial charge in [0.05, 0.1) is 12.1 Å². The summed E-state index contributed by atoms with van der Waals surface area (Å²) in [5, 5.41) is 12.6. The number of rotatable bonds is 4. The predicted octanol–water partition coefficient (Wildman–Crippen LogP) is 2.88. The molecule has 1 fully saturated rings. The largest absolute Gasteiger partial charge is 0.391 e. The summed E-state index contributed by atoms with van der Waals surface area (Å²) >= 11 is 0. The van der Waals surface area contributed by atoms with Crippen molar-refractivity contribution < 1.29 is 18.7 Å². The molecule has 0 unspecified atom stereocenters. The van der Waals surface area contributed by atoms with Crippen LogP contribution in [0.5, 0.6) is 0 Å². The van der Waals surface area contributed by atoms with Gasteiger partial charge in [0, 0.05) is 12.5 Å². The average molecular weight is 297 g/mol. The Morgan fingerprint density at radius 1 is 1.38 bits per heavy atom. The molecule has 21 heavy (non-hydrogen) atoms. The Morgan fingerprint density at radius 2 is 2.10 bits per heavy atom. The summed E-state index contributed by atoms with van der Waals surface area (Å²) in [5.41, 5.74) is 0.329. The molecule has 1 aliphatic rings. The third kappa shape index (κ3) is 4.24. The van der Waals surface area contributed by atoms with Crippen molar-refractivity contribution in [3.05, 3.63) is 35.4 Å². The van der Waals surface area contributed by atoms with Crippen molar-refractivity contribution in [1.29, 1.82) is 0 Å². The van der Waals surface area contributed by atoms with Gasteiger partial charge in [-0.05, 0) is 30.4 Å². The van der Waals surface area contributed by atoms with Gasteiger partial charge in [-0.15, -0.1) is 0 Å². The van der Waals surface area contributed by atoms with Crippen molar-refractivity contribution in [2.24, 2.45) is 0 Å². The zero-order valence-corrected chi connectivity index (χ0v) is 12.1. The molecule has 1 aromatic rings. The van der Waals surface area contributed by atoms with Gasteiger partial charge >= 0.3 is 0 Å². The van der Waals surface area contributed by atoms with Crippen molar-refractivity contribution in [2.75, 3.05) is 0 Å². The molecule has 0 radical (unpaired) electrons. The normalized spacial score (nSPS) is 23.6. The number of halogens is 2. The van der Waals surface area contributed by atoms with E-state index in [2.05, 4.69) is 5.32 Å². The summed E-state index contributed by atoms with van der Waals surface area (Å²) in [4.78, 5) is 12.0. The highest BCUT2D eigenvalue weighted by Gasteiger charge is 2.25. The molecule has 0 bridgehead atoms. The number of hydrogen-bond acceptors (Lipinski definition) is 2. The lowest BCUT2D eigenvalue weighted by molar-refractivity contribution is -0.123. The Morgan fingerprint density at radius 3 is 2.76 bits per heavy atom. The van der Waals surface area contributed by atoms with Gasteiger partial charge in [0.1, 0.15) is 11.6 Å². The molecule has 116 valence electrons. The number of benzene rings is 1. The van der Waals surface area contributed by atoms with Gasteiger partial charge in [0.2, 0.25) is 5.91 Å². The van der Waals surface area contributed by atoms with E-state index in [4.69, 9.17) is 0 Å². The fourth-order valence-corrected chi connectivity index (χ4v) is 2.83. The first-order valence-electron chi connectivity index (χ1n) is 7.39. The summed E-state index contributed by atoms with van der Waals surface area (Å²) in [5.74, 6) is -1.81. The lowest BCUT2D eigenvalue weighted by atomic mass is 9.91. The highest BCUT2D eigenvalue weighted by molar-refractivity contribution is 5.77. The van der Waals surface area contributed by atoms with Gasteiger partial charge in [-0.1, -0.05) is 25.8 Å². The molecule has 3 atom stereocenters. The minimum Gasteiger partial charge on any atom is -0.391 e. The zero-order valence-electron chi connectivity index (χ0n) is 12.1. The van der Waals surface area contributed by atoms with E-state index < -0.39 is 17.7 Å². The topological polar surface area (TPSA) is 49.3 Å². The molecular weight excluding hydrogens is 276 g/mol. The molecule has 1 aromatic carbocycles. The highest BCUT2D eigenvalue weighted by Crippen LogP contribution is 2.24. The second-order valence-electron chi connectivity index (χ2n) is 5.80. The van der Waals surface area contributed by atoms with E-state index in [9.17, 15) is 18.7 Å². The molecule has 1 amide bonds. The molecule has 2 rings (SSSR count). The maximum absolute atomic E-state index is 13.7. The van der Waals surface area contributed by atoms with Crippen LogP contribution < -0.4 is 5.32 Å². The van der Waals surface area contributed by atoms with Crippen LogP contribution in [-0.4, -0.2) is 23.2 Å². The third-order valence-electron chi connectivity index (χ3n) is 4.06. The molecule has 0 aliphatic heterocycles. The molecular formula is C16H21F2NO2. The fourth-order valence-electron chi connectivity index (χ4n) is 2.83. The lowest BCUT2D eigenvalue weighted by Crippen LogP contribution is -2.45. The van der Waals surface area contributed by atoms with Crippen LogP contribution in [0, 0.1) is 11.6 Å². The molecule has 0 saturated heterocycles. The summed E-state index contributed by atoms with van der Waals surface area (Å²) in [6.45, 7) is 1.73. The number of nitrogens with one attached hydrogen (secondary N) is 1. The fraction of sp³-hybridized carbons (Fsp3) is 0.562. The van der Waals surface area contributed by atoms with Gasteiger partial charge < -0.3 is 10.4 Å². The molecule has 0 aromatic heterocycles. The van der Waals surface area contributed by atoms with E-state index in [1.54, 1.807) is 6.92 Å². The Kier molecular flexibility index (Phi) is 5.28. The smallest absolute Gasteiger partial charge is 0.220 e. The van der Waals surface area contributed by atoms with E-state index >= 15 is 0 Å². The standard InChI is InChI=1S/C16H21F2NO2/c1-10(12-7-6-11(17)9-13(12)18)8-16(21)19-14-4-2-3-5-15(14)20/h6-7,9-10,14-15,20H,2-5,8H2,1H3,(H,19,21)/t10-,14+,15+/m1/s1. The second-order valence-corrected chi connectivity index (χ2v) is 5.80. The summed E-state index contributed by atoms with van der Waals surface area (Å²) < 4.78 is 26.5. The summed E-state index contributed by atoms with van der Waals surface area (Å²) in [6, 6.07) is 3.18. The average Bonchev–Trinajstić information content (AvgIpc) is 2.41. The Hall–Kier alpha value is -1.49. The number of carbonyl (C=O) groups excluding carboxylic acids is 1. The Balaban J connectivity index is 1.92. The van der Waals surface area contributed by atoms with Gasteiger partial charge in [-0.2, -0.15) is 0 Å². The Bertz CT molecular complexity index is 507. The number of amides is 1. The molecule has 3 nitrogen and oxygen atoms in total. The number of aliphatic hydroxyl groups is 1. The van der Waals surface area contributed by atoms with Crippen molar-refractivity contribution in [2.45, 2.75) is 57.1 Å². The van der Waals surface area contributed by atoms with Crippen molar-refractivity contribution in [1.82, 2.24) is 5.32 Å². The molecule has 1 aliphatic carbocycles. The number of carbonyl (C=O) groups is 1. The zero-order chi connectivity index (χ0) is 15.4. The van der Waals surface area contributed by atoms with Gasteiger partial charge in [-0.3, -0.25) is 4.79 Å². The van der Waals surface area contributed by atoms with Crippen LogP contribution in [-0.2, 0) is 4.79 Å². The van der Waals surface area contributed by atoms with Crippen molar-refractivity contribution >= 4 is 5.91 Å². The first kappa shape index (κ1) is 15.9. The molecule has 5 heteroatoms. The van der Waals surface area contributed by atoms with E-state index in [0.29, 0.717) is 12.0 Å². The van der Waals surface area contributed by atoms with E-state index in [1.165, 1.54) is 12.1 Å². The first-order chi connectivity index (χ1) is 9.97.